The number of rotatable bonds is 2. The van der Waals surface area contributed by atoms with Crippen molar-refractivity contribution in [2.24, 2.45) is 0 Å². The molecular formula is C12H18NO2-. The molecular weight excluding hydrogens is 190 g/mol. The smallest absolute Gasteiger partial charge is 0.408 e. The molecule has 15 heavy (non-hydrogen) atoms. The third kappa shape index (κ3) is 4.11. The molecule has 0 bridgehead atoms. The predicted molar refractivity (Wildman–Crippen MR) is 59.8 cm³/mol. The van der Waals surface area contributed by atoms with E-state index in [1.807, 2.05) is 52.0 Å². The maximum absolute atomic E-state index is 11.4. The zero-order valence-corrected chi connectivity index (χ0v) is 9.70. The van der Waals surface area contributed by atoms with Gasteiger partial charge in [0, 0.05) is 6.04 Å². The lowest BCUT2D eigenvalue weighted by molar-refractivity contribution is 0.0508. The predicted octanol–water partition coefficient (Wildman–Crippen LogP) is 2.99. The Hall–Kier alpha value is -1.38. The van der Waals surface area contributed by atoms with Crippen molar-refractivity contribution >= 4 is 6.09 Å². The Morgan fingerprint density at radius 2 is 2.20 bits per heavy atom. The molecule has 0 radical (unpaired) electrons. The van der Waals surface area contributed by atoms with Gasteiger partial charge in [-0.25, -0.2) is 16.9 Å². The number of carbonyl (C=O) groups is 1. The first-order valence-corrected chi connectivity index (χ1v) is 5.09. The van der Waals surface area contributed by atoms with E-state index in [0.717, 1.165) is 5.56 Å². The van der Waals surface area contributed by atoms with Gasteiger partial charge < -0.3 is 10.1 Å². The first-order valence-electron chi connectivity index (χ1n) is 5.09. The second kappa shape index (κ2) is 4.43. The molecule has 1 unspecified atom stereocenters. The molecule has 1 rings (SSSR count). The molecule has 84 valence electrons. The van der Waals surface area contributed by atoms with E-state index >= 15 is 0 Å². The molecule has 1 amide bonds. The van der Waals surface area contributed by atoms with Gasteiger partial charge in [-0.05, 0) is 27.7 Å². The Balaban J connectivity index is 2.45. The summed E-state index contributed by atoms with van der Waals surface area (Å²) in [5.74, 6) is 0. The SMILES string of the molecule is CC(NC(=O)OC(C)(C)C)c1ccc[cH-]1. The summed E-state index contributed by atoms with van der Waals surface area (Å²) in [5.41, 5.74) is 0.636. The van der Waals surface area contributed by atoms with Gasteiger partial charge in [-0.3, -0.25) is 0 Å². The molecule has 0 aliphatic carbocycles. The Kier molecular flexibility index (Phi) is 3.45. The highest BCUT2D eigenvalue weighted by molar-refractivity contribution is 5.68. The summed E-state index contributed by atoms with van der Waals surface area (Å²) in [7, 11) is 0. The lowest BCUT2D eigenvalue weighted by Crippen LogP contribution is -2.33. The number of nitrogens with one attached hydrogen (secondary N) is 1. The highest BCUT2D eigenvalue weighted by atomic mass is 16.6. The van der Waals surface area contributed by atoms with Crippen LogP contribution >= 0.6 is 0 Å². The second-order valence-electron chi connectivity index (χ2n) is 4.59. The van der Waals surface area contributed by atoms with Crippen LogP contribution < -0.4 is 5.32 Å². The molecule has 0 aliphatic heterocycles. The average Bonchev–Trinajstić information content (AvgIpc) is 2.50. The largest absolute Gasteiger partial charge is 0.444 e. The summed E-state index contributed by atoms with van der Waals surface area (Å²) in [5, 5.41) is 2.78. The van der Waals surface area contributed by atoms with Gasteiger partial charge in [0.2, 0.25) is 0 Å². The molecule has 0 aliphatic rings. The van der Waals surface area contributed by atoms with Crippen molar-refractivity contribution in [1.29, 1.82) is 0 Å². The second-order valence-corrected chi connectivity index (χ2v) is 4.59. The van der Waals surface area contributed by atoms with Crippen LogP contribution in [0.4, 0.5) is 4.79 Å². The fraction of sp³-hybridized carbons (Fsp3) is 0.500. The normalized spacial score (nSPS) is 13.3. The minimum absolute atomic E-state index is 0.0187. The number of amides is 1. The lowest BCUT2D eigenvalue weighted by Gasteiger charge is -2.22. The van der Waals surface area contributed by atoms with Crippen molar-refractivity contribution in [3.8, 4) is 0 Å². The standard InChI is InChI=1S/C12H18NO2/c1-9(10-7-5-6-8-10)13-11(14)15-12(2,3)4/h5-9H,1-4H3,(H,13,14)/q-1. The van der Waals surface area contributed by atoms with Crippen molar-refractivity contribution in [3.63, 3.8) is 0 Å². The maximum atomic E-state index is 11.4. The molecule has 1 atom stereocenters. The Labute approximate surface area is 90.8 Å². The van der Waals surface area contributed by atoms with Gasteiger partial charge in [0.05, 0.1) is 0 Å². The highest BCUT2D eigenvalue weighted by Gasteiger charge is 2.17. The fourth-order valence-electron chi connectivity index (χ4n) is 1.25. The molecule has 3 nitrogen and oxygen atoms in total. The summed E-state index contributed by atoms with van der Waals surface area (Å²) in [6.45, 7) is 7.47. The van der Waals surface area contributed by atoms with E-state index in [9.17, 15) is 4.79 Å². The number of carbonyl (C=O) groups excluding carboxylic acids is 1. The molecule has 0 fully saturated rings. The van der Waals surface area contributed by atoms with Crippen molar-refractivity contribution < 1.29 is 9.53 Å². The number of alkyl carbamates (subject to hydrolysis) is 1. The van der Waals surface area contributed by atoms with Crippen molar-refractivity contribution in [1.82, 2.24) is 5.32 Å². The summed E-state index contributed by atoms with van der Waals surface area (Å²) in [6.07, 6.45) is -0.379. The zero-order valence-electron chi connectivity index (χ0n) is 9.70. The fourth-order valence-corrected chi connectivity index (χ4v) is 1.25. The molecule has 3 heteroatoms. The Morgan fingerprint density at radius 3 is 2.67 bits per heavy atom. The topological polar surface area (TPSA) is 38.3 Å². The van der Waals surface area contributed by atoms with Crippen molar-refractivity contribution in [2.75, 3.05) is 0 Å². The van der Waals surface area contributed by atoms with Crippen LogP contribution in [0.15, 0.2) is 24.3 Å². The zero-order chi connectivity index (χ0) is 11.5. The van der Waals surface area contributed by atoms with Gasteiger partial charge in [-0.2, -0.15) is 12.1 Å². The van der Waals surface area contributed by atoms with Gasteiger partial charge >= 0.3 is 6.09 Å². The van der Waals surface area contributed by atoms with E-state index in [-0.39, 0.29) is 12.1 Å². The van der Waals surface area contributed by atoms with Gasteiger partial charge in [-0.15, -0.1) is 5.56 Å². The molecule has 1 N–H and O–H groups in total. The monoisotopic (exact) mass is 208 g/mol. The van der Waals surface area contributed by atoms with E-state index < -0.39 is 5.60 Å². The molecule has 0 saturated carbocycles. The summed E-state index contributed by atoms with van der Waals surface area (Å²) < 4.78 is 5.16. The average molecular weight is 208 g/mol. The minimum Gasteiger partial charge on any atom is -0.444 e. The Bertz CT molecular complexity index is 309. The first kappa shape index (κ1) is 11.7. The van der Waals surface area contributed by atoms with Crippen LogP contribution in [0.3, 0.4) is 0 Å². The van der Waals surface area contributed by atoms with E-state index in [1.54, 1.807) is 0 Å². The number of hydrogen-bond donors (Lipinski definition) is 1. The van der Waals surface area contributed by atoms with E-state index in [0.29, 0.717) is 0 Å². The quantitative estimate of drug-likeness (QED) is 0.759. The van der Waals surface area contributed by atoms with Gasteiger partial charge in [0.1, 0.15) is 5.60 Å². The number of hydrogen-bond acceptors (Lipinski definition) is 2. The van der Waals surface area contributed by atoms with Crippen molar-refractivity contribution in [3.05, 3.63) is 29.8 Å². The van der Waals surface area contributed by atoms with Crippen LogP contribution in [0.25, 0.3) is 0 Å². The molecule has 0 heterocycles. The van der Waals surface area contributed by atoms with Crippen LogP contribution in [-0.2, 0) is 4.74 Å². The highest BCUT2D eigenvalue weighted by Crippen LogP contribution is 2.13. The van der Waals surface area contributed by atoms with Crippen LogP contribution in [0.2, 0.25) is 0 Å². The van der Waals surface area contributed by atoms with E-state index in [1.165, 1.54) is 0 Å². The van der Waals surface area contributed by atoms with E-state index in [2.05, 4.69) is 5.32 Å². The Morgan fingerprint density at radius 1 is 1.53 bits per heavy atom. The maximum Gasteiger partial charge on any atom is 0.408 e. The summed E-state index contributed by atoms with van der Waals surface area (Å²) >= 11 is 0. The van der Waals surface area contributed by atoms with Crippen LogP contribution in [0, 0.1) is 0 Å². The molecule has 1 aromatic rings. The van der Waals surface area contributed by atoms with Crippen LogP contribution in [0.5, 0.6) is 0 Å². The van der Waals surface area contributed by atoms with Gasteiger partial charge in [0.25, 0.3) is 0 Å². The summed E-state index contributed by atoms with van der Waals surface area (Å²) in [4.78, 5) is 11.4. The van der Waals surface area contributed by atoms with Gasteiger partial charge in [-0.1, -0.05) is 0 Å². The molecule has 0 saturated heterocycles. The van der Waals surface area contributed by atoms with Gasteiger partial charge in [0.15, 0.2) is 0 Å². The molecule has 0 spiro atoms. The van der Waals surface area contributed by atoms with Crippen LogP contribution in [-0.4, -0.2) is 11.7 Å². The summed E-state index contributed by atoms with van der Waals surface area (Å²) in [6, 6.07) is 7.82. The first-order chi connectivity index (χ1) is 6.88. The van der Waals surface area contributed by atoms with Crippen LogP contribution in [0.1, 0.15) is 39.3 Å². The lowest BCUT2D eigenvalue weighted by atomic mass is 10.2. The third-order valence-corrected chi connectivity index (χ3v) is 1.92. The molecule has 0 aromatic heterocycles. The minimum atomic E-state index is -0.449. The third-order valence-electron chi connectivity index (χ3n) is 1.92. The van der Waals surface area contributed by atoms with E-state index in [4.69, 9.17) is 4.74 Å². The van der Waals surface area contributed by atoms with Crippen molar-refractivity contribution in [2.45, 2.75) is 39.3 Å². The molecule has 1 aromatic carbocycles. The number of ether oxygens (including phenoxy) is 1.